The van der Waals surface area contributed by atoms with Crippen LogP contribution in [0.2, 0.25) is 0 Å². The van der Waals surface area contributed by atoms with Crippen molar-refractivity contribution in [2.24, 2.45) is 0 Å². The molecule has 0 aliphatic rings. The molecule has 0 fully saturated rings. The number of phenols is 4. The van der Waals surface area contributed by atoms with E-state index in [2.05, 4.69) is 0 Å². The zero-order valence-corrected chi connectivity index (χ0v) is 19.1. The average molecular weight is 508 g/mol. The summed E-state index contributed by atoms with van der Waals surface area (Å²) in [6.07, 6.45) is -0.0600. The fraction of sp³-hybridized carbons (Fsp3) is 0.300. The van der Waals surface area contributed by atoms with Crippen LogP contribution >= 0.6 is 0 Å². The minimum Gasteiger partial charge on any atom is -0.504 e. The lowest BCUT2D eigenvalue weighted by molar-refractivity contribution is -0.142. The number of aliphatic hydroxyl groups excluding tert-OH is 1. The third-order valence-electron chi connectivity index (χ3n) is 3.09. The van der Waals surface area contributed by atoms with Crippen LogP contribution in [0.4, 0.5) is 0 Å². The minimum absolute atomic E-state index is 0.0989. The van der Waals surface area contributed by atoms with E-state index in [-0.39, 0.29) is 48.4 Å². The van der Waals surface area contributed by atoms with E-state index >= 15 is 0 Å². The molecule has 2 aromatic carbocycles. The lowest BCUT2D eigenvalue weighted by Gasteiger charge is -2.03. The second-order valence-corrected chi connectivity index (χ2v) is 6.86. The topological polar surface area (TPSA) is 239 Å². The summed E-state index contributed by atoms with van der Waals surface area (Å²) in [5.74, 6) is -2.29. The summed E-state index contributed by atoms with van der Waals surface area (Å²) >= 11 is 0. The van der Waals surface area contributed by atoms with Crippen molar-refractivity contribution in [1.82, 2.24) is 0 Å². The van der Waals surface area contributed by atoms with Gasteiger partial charge in [-0.2, -0.15) is 8.42 Å². The van der Waals surface area contributed by atoms with Crippen LogP contribution < -0.4 is 0 Å². The van der Waals surface area contributed by atoms with Gasteiger partial charge in [-0.3, -0.25) is 18.7 Å². The molecule has 0 radical (unpaired) electrons. The number of aliphatic carboxylic acids is 1. The van der Waals surface area contributed by atoms with E-state index in [4.69, 9.17) is 52.9 Å². The summed E-state index contributed by atoms with van der Waals surface area (Å²) in [7, 11) is -4.67. The van der Waals surface area contributed by atoms with Crippen LogP contribution in [0, 0.1) is 0 Å². The molecule has 0 spiro atoms. The molecule has 0 amide bonds. The summed E-state index contributed by atoms with van der Waals surface area (Å²) in [6.45, 7) is 4.00. The Balaban J connectivity index is 0. The molecular formula is C20H28O13S. The number of benzene rings is 2. The normalized spacial score (nSPS) is 9.68. The maximum absolute atomic E-state index is 11.0. The van der Waals surface area contributed by atoms with Gasteiger partial charge in [-0.15, -0.1) is 0 Å². The smallest absolute Gasteiger partial charge is 0.394 e. The van der Waals surface area contributed by atoms with E-state index in [1.54, 1.807) is 19.9 Å². The molecule has 14 heteroatoms. The number of carboxylic acids is 1. The van der Waals surface area contributed by atoms with Gasteiger partial charge in [-0.05, 0) is 49.2 Å². The van der Waals surface area contributed by atoms with Crippen LogP contribution in [0.15, 0.2) is 36.4 Å². The van der Waals surface area contributed by atoms with Crippen molar-refractivity contribution < 1.29 is 62.5 Å². The molecule has 0 bridgehead atoms. The van der Waals surface area contributed by atoms with Crippen LogP contribution in [0.1, 0.15) is 25.0 Å². The van der Waals surface area contributed by atoms with Crippen LogP contribution in [-0.4, -0.2) is 73.3 Å². The number of aliphatic hydroxyl groups is 1. The van der Waals surface area contributed by atoms with Crippen LogP contribution in [-0.2, 0) is 37.6 Å². The van der Waals surface area contributed by atoms with Gasteiger partial charge in [0.2, 0.25) is 0 Å². The predicted molar refractivity (Wildman–Crippen MR) is 118 cm³/mol. The van der Waals surface area contributed by atoms with E-state index in [1.165, 1.54) is 30.3 Å². The number of carbonyl (C=O) groups is 2. The van der Waals surface area contributed by atoms with Crippen molar-refractivity contribution in [3.63, 3.8) is 0 Å². The van der Waals surface area contributed by atoms with Crippen molar-refractivity contribution in [3.8, 4) is 23.0 Å². The zero-order chi connectivity index (χ0) is 26.9. The highest BCUT2D eigenvalue weighted by molar-refractivity contribution is 7.79. The van der Waals surface area contributed by atoms with E-state index in [9.17, 15) is 9.59 Å². The molecule has 13 nitrogen and oxygen atoms in total. The van der Waals surface area contributed by atoms with Gasteiger partial charge in [-0.25, -0.2) is 0 Å². The number of phenolic OH excluding ortho intramolecular Hbond substituents is 4. The van der Waals surface area contributed by atoms with Crippen molar-refractivity contribution in [2.45, 2.75) is 26.7 Å². The quantitative estimate of drug-likeness (QED) is 0.161. The Bertz CT molecular complexity index is 996. The van der Waals surface area contributed by atoms with E-state index in [0.717, 1.165) is 0 Å². The molecular weight excluding hydrogens is 480 g/mol. The molecule has 0 heterocycles. The summed E-state index contributed by atoms with van der Waals surface area (Å²) in [5, 5.41) is 52.0. The first-order valence-electron chi connectivity index (χ1n) is 9.34. The monoisotopic (exact) mass is 508 g/mol. The zero-order valence-electron chi connectivity index (χ0n) is 18.3. The van der Waals surface area contributed by atoms with Gasteiger partial charge in [-0.1, -0.05) is 12.1 Å². The number of hydrogen-bond donors (Lipinski definition) is 8. The van der Waals surface area contributed by atoms with Crippen LogP contribution in [0.5, 0.6) is 23.0 Å². The first kappa shape index (κ1) is 32.6. The van der Waals surface area contributed by atoms with Gasteiger partial charge in [0.05, 0.1) is 19.4 Å². The van der Waals surface area contributed by atoms with Gasteiger partial charge in [0.25, 0.3) is 0 Å². The average Bonchev–Trinajstić information content (AvgIpc) is 2.67. The van der Waals surface area contributed by atoms with Crippen molar-refractivity contribution in [2.75, 3.05) is 13.2 Å². The van der Waals surface area contributed by atoms with Crippen LogP contribution in [0.3, 0.4) is 0 Å². The lowest BCUT2D eigenvalue weighted by atomic mass is 10.1. The van der Waals surface area contributed by atoms with Gasteiger partial charge < -0.3 is 35.4 Å². The molecule has 0 unspecified atom stereocenters. The molecule has 0 aliphatic carbocycles. The van der Waals surface area contributed by atoms with Crippen molar-refractivity contribution in [1.29, 1.82) is 0 Å². The van der Waals surface area contributed by atoms with Gasteiger partial charge in [0, 0.05) is 6.61 Å². The summed E-state index contributed by atoms with van der Waals surface area (Å²) in [6, 6.07) is 8.17. The second-order valence-electron chi connectivity index (χ2n) is 5.96. The molecule has 34 heavy (non-hydrogen) atoms. The molecule has 0 saturated heterocycles. The fourth-order valence-electron chi connectivity index (χ4n) is 1.91. The number of aromatic hydroxyl groups is 4. The van der Waals surface area contributed by atoms with Crippen LogP contribution in [0.25, 0.3) is 0 Å². The van der Waals surface area contributed by atoms with E-state index in [0.29, 0.717) is 17.7 Å². The third kappa shape index (κ3) is 19.1. The second kappa shape index (κ2) is 17.0. The highest BCUT2D eigenvalue weighted by Crippen LogP contribution is 2.25. The van der Waals surface area contributed by atoms with E-state index in [1.807, 2.05) is 0 Å². The predicted octanol–water partition coefficient (Wildman–Crippen LogP) is 1.27. The van der Waals surface area contributed by atoms with Crippen molar-refractivity contribution in [3.05, 3.63) is 47.5 Å². The van der Waals surface area contributed by atoms with Gasteiger partial charge in [0.1, 0.15) is 0 Å². The van der Waals surface area contributed by atoms with Gasteiger partial charge >= 0.3 is 22.3 Å². The highest BCUT2D eigenvalue weighted by Gasteiger charge is 2.06. The summed E-state index contributed by atoms with van der Waals surface area (Å²) in [4.78, 5) is 21.3. The lowest BCUT2D eigenvalue weighted by Crippen LogP contribution is -2.07. The Morgan fingerprint density at radius 2 is 1.15 bits per heavy atom. The van der Waals surface area contributed by atoms with E-state index < -0.39 is 16.4 Å². The number of hydrogen-bond acceptors (Lipinski definition) is 10. The molecule has 2 aromatic rings. The van der Waals surface area contributed by atoms with Crippen molar-refractivity contribution >= 4 is 22.3 Å². The number of rotatable bonds is 5. The molecule has 192 valence electrons. The standard InChI is InChI=1S/C10H12O4.C8H8O4.C2H6O.H2O4S/c1-2-14-10(13)6-7-3-4-8(11)9(12)5-7;9-6-2-1-5(3-7(6)10)4-8(11)12;1-2-3;1-5(2,3)4/h3-5,11-12H,2,6H2,1H3;1-3,9-10H,4H2,(H,11,12);3H,2H2,1H3;(H2,1,2,3,4). The molecule has 2 rings (SSSR count). The Hall–Kier alpha value is -3.59. The summed E-state index contributed by atoms with van der Waals surface area (Å²) in [5.41, 5.74) is 1.07. The highest BCUT2D eigenvalue weighted by atomic mass is 32.3. The SMILES string of the molecule is CCO.CCOC(=O)Cc1ccc(O)c(O)c1.O=C(O)Cc1ccc(O)c(O)c1.O=S(=O)(O)O. The fourth-order valence-corrected chi connectivity index (χ4v) is 1.91. The third-order valence-corrected chi connectivity index (χ3v) is 3.09. The molecule has 0 atom stereocenters. The molecule has 0 aromatic heterocycles. The number of ether oxygens (including phenoxy) is 1. The maximum atomic E-state index is 11.0. The molecule has 8 N–H and O–H groups in total. The van der Waals surface area contributed by atoms with Gasteiger partial charge in [0.15, 0.2) is 23.0 Å². The molecule has 0 saturated carbocycles. The minimum atomic E-state index is -4.67. The Labute approximate surface area is 195 Å². The number of esters is 1. The Morgan fingerprint density at radius 1 is 0.794 bits per heavy atom. The summed E-state index contributed by atoms with van der Waals surface area (Å²) < 4.78 is 36.3. The largest absolute Gasteiger partial charge is 0.504 e. The first-order valence-corrected chi connectivity index (χ1v) is 10.7. The molecule has 0 aliphatic heterocycles. The Kier molecular flexibility index (Phi) is 16.3. The number of carboxylic acid groups (broad SMARTS) is 1. The maximum Gasteiger partial charge on any atom is 0.394 e. The number of carbonyl (C=O) groups excluding carboxylic acids is 1. The Morgan fingerprint density at radius 3 is 1.44 bits per heavy atom. The first-order chi connectivity index (χ1) is 15.6.